The summed E-state index contributed by atoms with van der Waals surface area (Å²) in [5.41, 5.74) is 6.20. The summed E-state index contributed by atoms with van der Waals surface area (Å²) in [6, 6.07) is 1.74. The minimum Gasteiger partial charge on any atom is -0.474 e. The molecule has 3 N–H and O–H groups in total. The zero-order valence-electron chi connectivity index (χ0n) is 6.60. The van der Waals surface area contributed by atoms with E-state index in [0.29, 0.717) is 12.4 Å². The van der Waals surface area contributed by atoms with Gasteiger partial charge in [-0.2, -0.15) is 5.10 Å². The topological polar surface area (TPSA) is 81.3 Å². The van der Waals surface area contributed by atoms with Crippen LogP contribution < -0.4 is 10.5 Å². The van der Waals surface area contributed by atoms with Crippen molar-refractivity contribution in [2.75, 3.05) is 13.2 Å². The lowest BCUT2D eigenvalue weighted by Gasteiger charge is -2.05. The fraction of sp³-hybridized carbons (Fsp3) is 0.429. The SMILES string of the molecule is NCc1ccnnc1OCCO. The first-order chi connectivity index (χ1) is 5.88. The first-order valence-corrected chi connectivity index (χ1v) is 3.62. The largest absolute Gasteiger partial charge is 0.474 e. The monoisotopic (exact) mass is 169 g/mol. The van der Waals surface area contributed by atoms with Crippen LogP contribution in [0.4, 0.5) is 0 Å². The van der Waals surface area contributed by atoms with Crippen LogP contribution in [0, 0.1) is 0 Å². The van der Waals surface area contributed by atoms with Crippen LogP contribution in [-0.2, 0) is 6.54 Å². The van der Waals surface area contributed by atoms with Gasteiger partial charge in [0.15, 0.2) is 0 Å². The van der Waals surface area contributed by atoms with Crippen LogP contribution in [0.2, 0.25) is 0 Å². The number of hydrogen-bond donors (Lipinski definition) is 2. The van der Waals surface area contributed by atoms with Crippen molar-refractivity contribution in [3.8, 4) is 5.88 Å². The molecule has 1 aromatic rings. The van der Waals surface area contributed by atoms with Gasteiger partial charge in [0, 0.05) is 12.1 Å². The van der Waals surface area contributed by atoms with E-state index in [-0.39, 0.29) is 13.2 Å². The number of ether oxygens (including phenoxy) is 1. The third-order valence-corrected chi connectivity index (χ3v) is 1.32. The van der Waals surface area contributed by atoms with Crippen molar-refractivity contribution in [2.24, 2.45) is 5.73 Å². The van der Waals surface area contributed by atoms with Gasteiger partial charge in [-0.05, 0) is 6.07 Å². The predicted octanol–water partition coefficient (Wildman–Crippen LogP) is -0.694. The highest BCUT2D eigenvalue weighted by molar-refractivity contribution is 5.22. The third kappa shape index (κ3) is 2.14. The lowest BCUT2D eigenvalue weighted by atomic mass is 10.3. The Labute approximate surface area is 70.2 Å². The van der Waals surface area contributed by atoms with Crippen LogP contribution >= 0.6 is 0 Å². The first kappa shape index (κ1) is 8.89. The fourth-order valence-electron chi connectivity index (χ4n) is 0.764. The number of rotatable bonds is 4. The van der Waals surface area contributed by atoms with Crippen LogP contribution in [0.1, 0.15) is 5.56 Å². The van der Waals surface area contributed by atoms with Gasteiger partial charge in [-0.15, -0.1) is 5.10 Å². The highest BCUT2D eigenvalue weighted by Gasteiger charge is 2.01. The molecule has 12 heavy (non-hydrogen) atoms. The van der Waals surface area contributed by atoms with Crippen LogP contribution in [0.25, 0.3) is 0 Å². The van der Waals surface area contributed by atoms with Gasteiger partial charge in [-0.3, -0.25) is 0 Å². The maximum absolute atomic E-state index is 8.49. The van der Waals surface area contributed by atoms with Gasteiger partial charge in [0.1, 0.15) is 6.61 Å². The third-order valence-electron chi connectivity index (χ3n) is 1.32. The molecule has 1 aromatic heterocycles. The lowest BCUT2D eigenvalue weighted by Crippen LogP contribution is -2.08. The molecule has 0 atom stereocenters. The zero-order chi connectivity index (χ0) is 8.81. The van der Waals surface area contributed by atoms with Gasteiger partial charge in [0.2, 0.25) is 5.88 Å². The predicted molar refractivity (Wildman–Crippen MR) is 42.5 cm³/mol. The molecule has 0 saturated carbocycles. The summed E-state index contributed by atoms with van der Waals surface area (Å²) >= 11 is 0. The molecular formula is C7H11N3O2. The number of aliphatic hydroxyl groups excluding tert-OH is 1. The molecule has 5 heteroatoms. The van der Waals surface area contributed by atoms with Gasteiger partial charge < -0.3 is 15.6 Å². The Morgan fingerprint density at radius 2 is 2.42 bits per heavy atom. The summed E-state index contributed by atoms with van der Waals surface area (Å²) in [5.74, 6) is 0.397. The van der Waals surface area contributed by atoms with Crippen LogP contribution in [0.5, 0.6) is 5.88 Å². The van der Waals surface area contributed by atoms with Crippen molar-refractivity contribution in [1.82, 2.24) is 10.2 Å². The fourth-order valence-corrected chi connectivity index (χ4v) is 0.764. The minimum absolute atomic E-state index is 0.0411. The summed E-state index contributed by atoms with van der Waals surface area (Å²) in [6.45, 7) is 0.530. The van der Waals surface area contributed by atoms with E-state index in [0.717, 1.165) is 5.56 Å². The van der Waals surface area contributed by atoms with Crippen molar-refractivity contribution >= 4 is 0 Å². The van der Waals surface area contributed by atoms with Crippen LogP contribution in [0.3, 0.4) is 0 Å². The smallest absolute Gasteiger partial charge is 0.238 e. The first-order valence-electron chi connectivity index (χ1n) is 3.62. The van der Waals surface area contributed by atoms with E-state index in [9.17, 15) is 0 Å². The average Bonchev–Trinajstić information content (AvgIpc) is 2.15. The van der Waals surface area contributed by atoms with Crippen molar-refractivity contribution in [3.05, 3.63) is 17.8 Å². The molecule has 0 spiro atoms. The second kappa shape index (κ2) is 4.63. The molecule has 0 unspecified atom stereocenters. The van der Waals surface area contributed by atoms with E-state index >= 15 is 0 Å². The minimum atomic E-state index is -0.0411. The summed E-state index contributed by atoms with van der Waals surface area (Å²) in [7, 11) is 0. The van der Waals surface area contributed by atoms with Crippen molar-refractivity contribution in [1.29, 1.82) is 0 Å². The molecule has 0 radical (unpaired) electrons. The Morgan fingerprint density at radius 1 is 1.58 bits per heavy atom. The van der Waals surface area contributed by atoms with Gasteiger partial charge in [-0.25, -0.2) is 0 Å². The van der Waals surface area contributed by atoms with E-state index in [1.165, 1.54) is 0 Å². The standard InChI is InChI=1S/C7H11N3O2/c8-5-6-1-2-9-10-7(6)12-4-3-11/h1-2,11H,3-5,8H2. The van der Waals surface area contributed by atoms with E-state index < -0.39 is 0 Å². The van der Waals surface area contributed by atoms with Crippen LogP contribution in [-0.4, -0.2) is 28.5 Å². The highest BCUT2D eigenvalue weighted by Crippen LogP contribution is 2.10. The second-order valence-electron chi connectivity index (χ2n) is 2.14. The number of nitrogens with two attached hydrogens (primary N) is 1. The number of aromatic nitrogens is 2. The van der Waals surface area contributed by atoms with E-state index in [1.807, 2.05) is 0 Å². The number of aliphatic hydroxyl groups is 1. The quantitative estimate of drug-likeness (QED) is 0.623. The van der Waals surface area contributed by atoms with E-state index in [2.05, 4.69) is 10.2 Å². The summed E-state index contributed by atoms with van der Waals surface area (Å²) in [4.78, 5) is 0. The normalized spacial score (nSPS) is 9.83. The second-order valence-corrected chi connectivity index (χ2v) is 2.14. The summed E-state index contributed by atoms with van der Waals surface area (Å²) < 4.78 is 5.07. The summed E-state index contributed by atoms with van der Waals surface area (Å²) in [5, 5.41) is 15.8. The molecule has 0 fully saturated rings. The van der Waals surface area contributed by atoms with Crippen LogP contribution in [0.15, 0.2) is 12.3 Å². The van der Waals surface area contributed by atoms with Crippen molar-refractivity contribution in [2.45, 2.75) is 6.54 Å². The molecule has 0 aliphatic carbocycles. The van der Waals surface area contributed by atoms with E-state index in [4.69, 9.17) is 15.6 Å². The number of nitrogens with zero attached hydrogens (tertiary/aromatic N) is 2. The lowest BCUT2D eigenvalue weighted by molar-refractivity contribution is 0.194. The molecule has 0 saturated heterocycles. The Morgan fingerprint density at radius 3 is 3.08 bits per heavy atom. The van der Waals surface area contributed by atoms with Crippen molar-refractivity contribution in [3.63, 3.8) is 0 Å². The van der Waals surface area contributed by atoms with Gasteiger partial charge in [0.25, 0.3) is 0 Å². The molecule has 1 rings (SSSR count). The Balaban J connectivity index is 2.68. The average molecular weight is 169 g/mol. The molecule has 0 aliphatic heterocycles. The maximum Gasteiger partial charge on any atom is 0.238 e. The molecule has 0 bridgehead atoms. The molecule has 5 nitrogen and oxygen atoms in total. The number of hydrogen-bond acceptors (Lipinski definition) is 5. The molecule has 66 valence electrons. The Kier molecular flexibility index (Phi) is 3.43. The zero-order valence-corrected chi connectivity index (χ0v) is 6.60. The molecular weight excluding hydrogens is 158 g/mol. The van der Waals surface area contributed by atoms with E-state index in [1.54, 1.807) is 12.3 Å². The molecule has 1 heterocycles. The molecule has 0 aliphatic rings. The molecule has 0 amide bonds. The Bertz CT molecular complexity index is 242. The van der Waals surface area contributed by atoms with Crippen molar-refractivity contribution < 1.29 is 9.84 Å². The highest BCUT2D eigenvalue weighted by atomic mass is 16.5. The van der Waals surface area contributed by atoms with Gasteiger partial charge in [-0.1, -0.05) is 0 Å². The van der Waals surface area contributed by atoms with Gasteiger partial charge >= 0.3 is 0 Å². The maximum atomic E-state index is 8.49. The van der Waals surface area contributed by atoms with Gasteiger partial charge in [0.05, 0.1) is 12.8 Å². The Hall–Kier alpha value is -1.20. The summed E-state index contributed by atoms with van der Waals surface area (Å²) in [6.07, 6.45) is 1.55. The molecule has 0 aromatic carbocycles.